The number of hydrogen-bond acceptors (Lipinski definition) is 2. The van der Waals surface area contributed by atoms with E-state index in [2.05, 4.69) is 60.5 Å². The lowest BCUT2D eigenvalue weighted by molar-refractivity contribution is 0.879. The Morgan fingerprint density at radius 2 is 1.74 bits per heavy atom. The van der Waals surface area contributed by atoms with E-state index in [1.54, 1.807) is 0 Å². The molecule has 98 valence electrons. The molecule has 0 radical (unpaired) electrons. The summed E-state index contributed by atoms with van der Waals surface area (Å²) in [6, 6.07) is 13.3. The molecule has 19 heavy (non-hydrogen) atoms. The van der Waals surface area contributed by atoms with Crippen LogP contribution in [0.1, 0.15) is 22.3 Å². The number of anilines is 2. The molecule has 0 fully saturated rings. The summed E-state index contributed by atoms with van der Waals surface area (Å²) in [5.41, 5.74) is 8.12. The molecule has 1 N–H and O–H groups in total. The zero-order chi connectivity index (χ0) is 13.4. The highest BCUT2D eigenvalue weighted by molar-refractivity contribution is 5.62. The van der Waals surface area contributed by atoms with Gasteiger partial charge in [-0.25, -0.2) is 0 Å². The highest BCUT2D eigenvalue weighted by atomic mass is 15.1. The van der Waals surface area contributed by atoms with Crippen LogP contribution in [-0.2, 0) is 13.1 Å². The second kappa shape index (κ2) is 4.61. The lowest BCUT2D eigenvalue weighted by atomic mass is 10.1. The van der Waals surface area contributed by atoms with Crippen LogP contribution in [0.4, 0.5) is 11.4 Å². The minimum absolute atomic E-state index is 0.995. The maximum Gasteiger partial charge on any atom is 0.0457 e. The largest absolute Gasteiger partial charge is 0.388 e. The van der Waals surface area contributed by atoms with Crippen LogP contribution in [0, 0.1) is 13.8 Å². The van der Waals surface area contributed by atoms with Crippen molar-refractivity contribution in [2.45, 2.75) is 26.9 Å². The molecule has 3 rings (SSSR count). The summed E-state index contributed by atoms with van der Waals surface area (Å²) in [6.45, 7) is 6.33. The number of fused-ring (bicyclic) bond motifs is 1. The van der Waals surface area contributed by atoms with Crippen LogP contribution >= 0.6 is 0 Å². The van der Waals surface area contributed by atoms with Crippen molar-refractivity contribution in [2.24, 2.45) is 0 Å². The Labute approximate surface area is 115 Å². The van der Waals surface area contributed by atoms with Gasteiger partial charge in [0.05, 0.1) is 0 Å². The summed E-state index contributed by atoms with van der Waals surface area (Å²) >= 11 is 0. The summed E-state index contributed by atoms with van der Waals surface area (Å²) in [7, 11) is 2.00. The fourth-order valence-corrected chi connectivity index (χ4v) is 2.97. The van der Waals surface area contributed by atoms with Crippen LogP contribution in [-0.4, -0.2) is 7.05 Å². The fourth-order valence-electron chi connectivity index (χ4n) is 2.97. The lowest BCUT2D eigenvalue weighted by Crippen LogP contribution is -2.14. The molecule has 0 aromatic heterocycles. The van der Waals surface area contributed by atoms with Crippen LogP contribution in [0.15, 0.2) is 36.4 Å². The van der Waals surface area contributed by atoms with Crippen molar-refractivity contribution in [3.63, 3.8) is 0 Å². The Kier molecular flexibility index (Phi) is 2.94. The lowest BCUT2D eigenvalue weighted by Gasteiger charge is -2.19. The van der Waals surface area contributed by atoms with Gasteiger partial charge in [0, 0.05) is 31.5 Å². The topological polar surface area (TPSA) is 15.3 Å². The van der Waals surface area contributed by atoms with E-state index in [0.29, 0.717) is 0 Å². The van der Waals surface area contributed by atoms with Gasteiger partial charge in [-0.05, 0) is 54.3 Å². The van der Waals surface area contributed by atoms with Gasteiger partial charge in [0.25, 0.3) is 0 Å². The van der Waals surface area contributed by atoms with Crippen LogP contribution < -0.4 is 10.2 Å². The molecule has 1 heterocycles. The van der Waals surface area contributed by atoms with Gasteiger partial charge >= 0.3 is 0 Å². The molecule has 2 nitrogen and oxygen atoms in total. The normalized spacial score (nSPS) is 13.5. The third-order valence-corrected chi connectivity index (χ3v) is 3.82. The molecule has 0 saturated heterocycles. The van der Waals surface area contributed by atoms with Gasteiger partial charge in [0.1, 0.15) is 0 Å². The third kappa shape index (κ3) is 2.19. The van der Waals surface area contributed by atoms with E-state index in [0.717, 1.165) is 13.1 Å². The third-order valence-electron chi connectivity index (χ3n) is 3.82. The van der Waals surface area contributed by atoms with Crippen molar-refractivity contribution in [1.82, 2.24) is 0 Å². The number of rotatable bonds is 2. The standard InChI is InChI=1S/C17H20N2/c1-12-7-13(2)9-15(8-12)19-10-14-5-4-6-17(18-3)16(14)11-19/h4-9,18H,10-11H2,1-3H3. The van der Waals surface area contributed by atoms with E-state index in [-0.39, 0.29) is 0 Å². The molecule has 0 bridgehead atoms. The predicted octanol–water partition coefficient (Wildman–Crippen LogP) is 3.87. The minimum atomic E-state index is 0.995. The van der Waals surface area contributed by atoms with Gasteiger partial charge in [0.2, 0.25) is 0 Å². The van der Waals surface area contributed by atoms with Gasteiger partial charge in [0.15, 0.2) is 0 Å². The van der Waals surface area contributed by atoms with Crippen molar-refractivity contribution in [3.05, 3.63) is 58.7 Å². The summed E-state index contributed by atoms with van der Waals surface area (Å²) in [5.74, 6) is 0. The van der Waals surface area contributed by atoms with E-state index in [4.69, 9.17) is 0 Å². The summed E-state index contributed by atoms with van der Waals surface area (Å²) in [6.07, 6.45) is 0. The Balaban J connectivity index is 1.95. The van der Waals surface area contributed by atoms with Crippen molar-refractivity contribution in [3.8, 4) is 0 Å². The first kappa shape index (κ1) is 12.1. The molecular formula is C17H20N2. The molecule has 1 aliphatic rings. The molecule has 2 aromatic carbocycles. The first-order valence-electron chi connectivity index (χ1n) is 6.79. The van der Waals surface area contributed by atoms with Gasteiger partial charge in [-0.1, -0.05) is 18.2 Å². The average molecular weight is 252 g/mol. The minimum Gasteiger partial charge on any atom is -0.388 e. The molecule has 2 heteroatoms. The number of benzene rings is 2. The molecular weight excluding hydrogens is 232 g/mol. The van der Waals surface area contributed by atoms with E-state index in [1.165, 1.54) is 33.6 Å². The average Bonchev–Trinajstić information content (AvgIpc) is 2.81. The van der Waals surface area contributed by atoms with Crippen LogP contribution in [0.5, 0.6) is 0 Å². The smallest absolute Gasteiger partial charge is 0.0457 e. The summed E-state index contributed by atoms with van der Waals surface area (Å²) < 4.78 is 0. The van der Waals surface area contributed by atoms with Gasteiger partial charge in [-0.15, -0.1) is 0 Å². The van der Waals surface area contributed by atoms with Crippen molar-refractivity contribution in [1.29, 1.82) is 0 Å². The zero-order valence-corrected chi connectivity index (χ0v) is 11.8. The van der Waals surface area contributed by atoms with Crippen LogP contribution in [0.3, 0.4) is 0 Å². The van der Waals surface area contributed by atoms with Crippen LogP contribution in [0.25, 0.3) is 0 Å². The number of hydrogen-bond donors (Lipinski definition) is 1. The summed E-state index contributed by atoms with van der Waals surface area (Å²) in [4.78, 5) is 2.45. The monoisotopic (exact) mass is 252 g/mol. The number of aryl methyl sites for hydroxylation is 2. The zero-order valence-electron chi connectivity index (χ0n) is 11.8. The highest BCUT2D eigenvalue weighted by Crippen LogP contribution is 2.33. The maximum absolute atomic E-state index is 3.30. The van der Waals surface area contributed by atoms with E-state index >= 15 is 0 Å². The Hall–Kier alpha value is -1.96. The maximum atomic E-state index is 3.30. The highest BCUT2D eigenvalue weighted by Gasteiger charge is 2.21. The molecule has 0 saturated carbocycles. The Morgan fingerprint density at radius 3 is 2.42 bits per heavy atom. The molecule has 0 amide bonds. The van der Waals surface area contributed by atoms with E-state index in [1.807, 2.05) is 7.05 Å². The van der Waals surface area contributed by atoms with Crippen molar-refractivity contribution in [2.75, 3.05) is 17.3 Å². The number of nitrogens with one attached hydrogen (secondary N) is 1. The summed E-state index contributed by atoms with van der Waals surface area (Å²) in [5, 5.41) is 3.30. The fraction of sp³-hybridized carbons (Fsp3) is 0.294. The molecule has 0 aliphatic carbocycles. The molecule has 1 aliphatic heterocycles. The first-order chi connectivity index (χ1) is 9.17. The SMILES string of the molecule is CNc1cccc2c1CN(c1cc(C)cc(C)c1)C2. The molecule has 0 spiro atoms. The predicted molar refractivity (Wildman–Crippen MR) is 81.8 cm³/mol. The van der Waals surface area contributed by atoms with Crippen LogP contribution in [0.2, 0.25) is 0 Å². The van der Waals surface area contributed by atoms with Crippen molar-refractivity contribution < 1.29 is 0 Å². The Morgan fingerprint density at radius 1 is 1.00 bits per heavy atom. The second-order valence-corrected chi connectivity index (χ2v) is 5.40. The van der Waals surface area contributed by atoms with E-state index < -0.39 is 0 Å². The van der Waals surface area contributed by atoms with Gasteiger partial charge < -0.3 is 10.2 Å². The molecule has 2 aromatic rings. The second-order valence-electron chi connectivity index (χ2n) is 5.40. The van der Waals surface area contributed by atoms with Gasteiger partial charge in [-0.2, -0.15) is 0 Å². The quantitative estimate of drug-likeness (QED) is 0.873. The molecule has 0 atom stereocenters. The van der Waals surface area contributed by atoms with E-state index in [9.17, 15) is 0 Å². The number of nitrogens with zero attached hydrogens (tertiary/aromatic N) is 1. The van der Waals surface area contributed by atoms with Gasteiger partial charge in [-0.3, -0.25) is 0 Å². The Bertz CT molecular complexity index is 596. The van der Waals surface area contributed by atoms with Crippen molar-refractivity contribution >= 4 is 11.4 Å². The molecule has 0 unspecified atom stereocenters. The first-order valence-corrected chi connectivity index (χ1v) is 6.79.